The minimum Gasteiger partial charge on any atom is -0.507 e. The molecule has 3 saturated heterocycles. The van der Waals surface area contributed by atoms with Crippen LogP contribution in [0.15, 0.2) is 18.2 Å². The van der Waals surface area contributed by atoms with Crippen LogP contribution in [-0.4, -0.2) is 73.9 Å². The SMILES string of the molecule is CC1(C)O[C@H]2[C@@H](O1)[C@@H](Cn1nnc3c1C(=O)c1cccc(O)c1C3=O)O[C@@H]1OC(C)(C)O[C@@H]12. The standard InChI is InChI=1S/C22H23N3O8/c1-21(2)30-17-11(29-20-19(18(17)31-21)32-22(3,4)33-20)8-25-14-13(23-24-25)16(28)12-9(15(14)27)6-5-7-10(12)26/h5-7,11,17-20,26H,8H2,1-4H3/t11-,17+,18+,19-,20-/m1/s1. The third kappa shape index (κ3) is 3.07. The number of phenolic OH excluding ortho intramolecular Hbond substituents is 1. The number of carbonyl (C=O) groups is 2. The van der Waals surface area contributed by atoms with E-state index in [9.17, 15) is 14.7 Å². The van der Waals surface area contributed by atoms with Gasteiger partial charge in [-0.15, -0.1) is 5.10 Å². The highest BCUT2D eigenvalue weighted by molar-refractivity contribution is 6.27. The van der Waals surface area contributed by atoms with Gasteiger partial charge in [-0.3, -0.25) is 9.59 Å². The molecule has 1 aromatic heterocycles. The molecule has 0 bridgehead atoms. The summed E-state index contributed by atoms with van der Waals surface area (Å²) in [6.07, 6.45) is -2.78. The molecule has 3 aliphatic heterocycles. The van der Waals surface area contributed by atoms with Crippen molar-refractivity contribution in [2.45, 2.75) is 76.5 Å². The molecule has 1 aromatic carbocycles. The Balaban J connectivity index is 1.35. The molecule has 2 aromatic rings. The maximum atomic E-state index is 13.2. The van der Waals surface area contributed by atoms with Crippen LogP contribution in [0.5, 0.6) is 5.75 Å². The Hall–Kier alpha value is -2.70. The number of ether oxygens (including phenoxy) is 5. The Morgan fingerprint density at radius 1 is 0.970 bits per heavy atom. The van der Waals surface area contributed by atoms with E-state index in [1.807, 2.05) is 0 Å². The van der Waals surface area contributed by atoms with Gasteiger partial charge in [0, 0.05) is 5.56 Å². The lowest BCUT2D eigenvalue weighted by molar-refractivity contribution is -0.236. The second-order valence-corrected chi connectivity index (χ2v) is 9.53. The van der Waals surface area contributed by atoms with Crippen LogP contribution in [-0.2, 0) is 30.2 Å². The van der Waals surface area contributed by atoms with Crippen LogP contribution in [0.4, 0.5) is 0 Å². The third-order valence-electron chi connectivity index (χ3n) is 6.28. The van der Waals surface area contributed by atoms with E-state index >= 15 is 0 Å². The second kappa shape index (κ2) is 6.67. The van der Waals surface area contributed by atoms with Crippen LogP contribution < -0.4 is 0 Å². The quantitative estimate of drug-likeness (QED) is 0.598. The van der Waals surface area contributed by atoms with E-state index in [1.165, 1.54) is 22.9 Å². The predicted molar refractivity (Wildman–Crippen MR) is 108 cm³/mol. The first-order valence-corrected chi connectivity index (χ1v) is 10.8. The molecule has 33 heavy (non-hydrogen) atoms. The first-order valence-electron chi connectivity index (χ1n) is 10.8. The molecule has 5 atom stereocenters. The topological polar surface area (TPSA) is 131 Å². The monoisotopic (exact) mass is 457 g/mol. The number of rotatable bonds is 2. The second-order valence-electron chi connectivity index (χ2n) is 9.53. The Kier molecular flexibility index (Phi) is 4.22. The Bertz CT molecular complexity index is 1190. The van der Waals surface area contributed by atoms with Crippen LogP contribution in [0.3, 0.4) is 0 Å². The van der Waals surface area contributed by atoms with E-state index in [2.05, 4.69) is 10.3 Å². The highest BCUT2D eigenvalue weighted by atomic mass is 16.9. The van der Waals surface area contributed by atoms with Crippen molar-refractivity contribution in [1.29, 1.82) is 0 Å². The van der Waals surface area contributed by atoms with E-state index in [4.69, 9.17) is 23.7 Å². The van der Waals surface area contributed by atoms with Crippen LogP contribution in [0.2, 0.25) is 0 Å². The summed E-state index contributed by atoms with van der Waals surface area (Å²) < 4.78 is 31.7. The summed E-state index contributed by atoms with van der Waals surface area (Å²) in [6, 6.07) is 4.37. The van der Waals surface area contributed by atoms with Gasteiger partial charge in [-0.1, -0.05) is 11.3 Å². The number of carbonyl (C=O) groups excluding carboxylic acids is 2. The van der Waals surface area contributed by atoms with Gasteiger partial charge in [0.1, 0.15) is 35.9 Å². The summed E-state index contributed by atoms with van der Waals surface area (Å²) in [6.45, 7) is 7.28. The van der Waals surface area contributed by atoms with Gasteiger partial charge in [0.25, 0.3) is 0 Å². The summed E-state index contributed by atoms with van der Waals surface area (Å²) in [4.78, 5) is 26.2. The average molecular weight is 457 g/mol. The van der Waals surface area contributed by atoms with Crippen LogP contribution in [0.1, 0.15) is 59.8 Å². The predicted octanol–water partition coefficient (Wildman–Crippen LogP) is 1.16. The van der Waals surface area contributed by atoms with Crippen molar-refractivity contribution in [3.05, 3.63) is 40.7 Å². The van der Waals surface area contributed by atoms with E-state index in [-0.39, 0.29) is 34.8 Å². The van der Waals surface area contributed by atoms with Crippen molar-refractivity contribution in [2.75, 3.05) is 0 Å². The van der Waals surface area contributed by atoms with Gasteiger partial charge in [-0.05, 0) is 39.8 Å². The van der Waals surface area contributed by atoms with Crippen molar-refractivity contribution in [3.8, 4) is 5.75 Å². The average Bonchev–Trinajstić information content (AvgIpc) is 3.38. The fourth-order valence-corrected chi connectivity index (χ4v) is 5.04. The van der Waals surface area contributed by atoms with Crippen LogP contribution >= 0.6 is 0 Å². The van der Waals surface area contributed by atoms with Crippen molar-refractivity contribution in [3.63, 3.8) is 0 Å². The number of phenols is 1. The maximum Gasteiger partial charge on any atom is 0.220 e. The Morgan fingerprint density at radius 3 is 2.45 bits per heavy atom. The number of ketones is 2. The molecule has 4 aliphatic rings. The molecular weight excluding hydrogens is 434 g/mol. The van der Waals surface area contributed by atoms with Gasteiger partial charge in [0.05, 0.1) is 12.1 Å². The number of nitrogens with zero attached hydrogens (tertiary/aromatic N) is 3. The molecule has 6 rings (SSSR count). The molecule has 174 valence electrons. The van der Waals surface area contributed by atoms with Gasteiger partial charge < -0.3 is 28.8 Å². The van der Waals surface area contributed by atoms with Gasteiger partial charge >= 0.3 is 0 Å². The number of fused-ring (bicyclic) bond motifs is 5. The zero-order valence-corrected chi connectivity index (χ0v) is 18.5. The first-order chi connectivity index (χ1) is 15.5. The molecule has 1 aliphatic carbocycles. The summed E-state index contributed by atoms with van der Waals surface area (Å²) >= 11 is 0. The number of benzene rings is 1. The number of aromatic nitrogens is 3. The smallest absolute Gasteiger partial charge is 0.220 e. The minimum absolute atomic E-state index is 0.0440. The van der Waals surface area contributed by atoms with E-state index < -0.39 is 53.8 Å². The largest absolute Gasteiger partial charge is 0.507 e. The molecule has 11 heteroatoms. The van der Waals surface area contributed by atoms with E-state index in [1.54, 1.807) is 27.7 Å². The van der Waals surface area contributed by atoms with E-state index in [0.717, 1.165) is 0 Å². The molecule has 0 radical (unpaired) electrons. The summed E-state index contributed by atoms with van der Waals surface area (Å²) in [5, 5.41) is 18.1. The minimum atomic E-state index is -0.869. The van der Waals surface area contributed by atoms with Crippen molar-refractivity contribution in [2.24, 2.45) is 0 Å². The van der Waals surface area contributed by atoms with Gasteiger partial charge in [0.15, 0.2) is 23.6 Å². The fraction of sp³-hybridized carbons (Fsp3) is 0.545. The zero-order valence-electron chi connectivity index (χ0n) is 18.5. The Morgan fingerprint density at radius 2 is 1.67 bits per heavy atom. The fourth-order valence-electron chi connectivity index (χ4n) is 5.04. The maximum absolute atomic E-state index is 13.2. The molecule has 0 unspecified atom stereocenters. The molecule has 0 spiro atoms. The molecule has 4 heterocycles. The lowest BCUT2D eigenvalue weighted by Gasteiger charge is -2.37. The zero-order chi connectivity index (χ0) is 23.3. The molecular formula is C22H23N3O8. The van der Waals surface area contributed by atoms with Crippen LogP contribution in [0.25, 0.3) is 0 Å². The van der Waals surface area contributed by atoms with Crippen molar-refractivity contribution in [1.82, 2.24) is 15.0 Å². The van der Waals surface area contributed by atoms with Gasteiger partial charge in [0.2, 0.25) is 11.6 Å². The van der Waals surface area contributed by atoms with Gasteiger partial charge in [-0.25, -0.2) is 4.68 Å². The number of aromatic hydroxyl groups is 1. The lowest BCUT2D eigenvalue weighted by atomic mass is 9.89. The number of hydrogen-bond donors (Lipinski definition) is 1. The third-order valence-corrected chi connectivity index (χ3v) is 6.28. The first kappa shape index (κ1) is 20.9. The van der Waals surface area contributed by atoms with E-state index in [0.29, 0.717) is 0 Å². The molecule has 1 N–H and O–H groups in total. The molecule has 3 fully saturated rings. The molecule has 0 saturated carbocycles. The highest BCUT2D eigenvalue weighted by Crippen LogP contribution is 2.44. The lowest BCUT2D eigenvalue weighted by Crippen LogP contribution is -2.56. The van der Waals surface area contributed by atoms with Crippen molar-refractivity contribution < 1.29 is 38.4 Å². The van der Waals surface area contributed by atoms with Gasteiger partial charge in [-0.2, -0.15) is 0 Å². The number of hydrogen-bond acceptors (Lipinski definition) is 10. The molecule has 11 nitrogen and oxygen atoms in total. The summed E-state index contributed by atoms with van der Waals surface area (Å²) in [5.41, 5.74) is -0.0199. The summed E-state index contributed by atoms with van der Waals surface area (Å²) in [5.74, 6) is -2.99. The van der Waals surface area contributed by atoms with Crippen molar-refractivity contribution >= 4 is 11.6 Å². The highest BCUT2D eigenvalue weighted by Gasteiger charge is 2.60. The molecule has 0 amide bonds. The Labute approximate surface area is 188 Å². The normalized spacial score (nSPS) is 33.4. The summed E-state index contributed by atoms with van der Waals surface area (Å²) in [7, 11) is 0. The van der Waals surface area contributed by atoms with Crippen LogP contribution in [0, 0.1) is 0 Å².